The average Bonchev–Trinajstić information content (AvgIpc) is 3.17. The van der Waals surface area contributed by atoms with Gasteiger partial charge < -0.3 is 9.73 Å². The summed E-state index contributed by atoms with van der Waals surface area (Å²) in [5, 5.41) is 6.92. The van der Waals surface area contributed by atoms with Crippen LogP contribution in [-0.4, -0.2) is 12.5 Å². The Labute approximate surface area is 158 Å². The summed E-state index contributed by atoms with van der Waals surface area (Å²) in [6, 6.07) is 20.8. The number of carbonyl (C=O) groups is 1. The molecule has 0 saturated carbocycles. The number of benzene rings is 2. The SMILES string of the molecule is C[C@H](NC(=O)CN[C@@H](c1ccccc1)c1ccco1)c1cccc(Cl)c1. The van der Waals surface area contributed by atoms with Crippen molar-refractivity contribution in [1.82, 2.24) is 10.6 Å². The molecule has 2 aromatic carbocycles. The van der Waals surface area contributed by atoms with E-state index in [4.69, 9.17) is 16.0 Å². The van der Waals surface area contributed by atoms with E-state index in [2.05, 4.69) is 10.6 Å². The van der Waals surface area contributed by atoms with Gasteiger partial charge in [-0.2, -0.15) is 0 Å². The minimum absolute atomic E-state index is 0.0926. The van der Waals surface area contributed by atoms with Crippen LogP contribution in [0.15, 0.2) is 77.4 Å². The molecule has 0 unspecified atom stereocenters. The van der Waals surface area contributed by atoms with Gasteiger partial charge in [-0.15, -0.1) is 0 Å². The first kappa shape index (κ1) is 18.2. The molecule has 1 aromatic heterocycles. The van der Waals surface area contributed by atoms with Gasteiger partial charge in [-0.25, -0.2) is 0 Å². The Kier molecular flexibility index (Phi) is 6.10. The molecule has 0 bridgehead atoms. The van der Waals surface area contributed by atoms with Crippen LogP contribution in [0.3, 0.4) is 0 Å². The van der Waals surface area contributed by atoms with Crippen molar-refractivity contribution in [2.45, 2.75) is 19.0 Å². The zero-order valence-corrected chi connectivity index (χ0v) is 15.2. The molecule has 0 fully saturated rings. The van der Waals surface area contributed by atoms with Gasteiger partial charge in [0.25, 0.3) is 0 Å². The van der Waals surface area contributed by atoms with Crippen LogP contribution in [0.2, 0.25) is 5.02 Å². The maximum absolute atomic E-state index is 12.4. The lowest BCUT2D eigenvalue weighted by atomic mass is 10.0. The number of hydrogen-bond donors (Lipinski definition) is 2. The monoisotopic (exact) mass is 368 g/mol. The Balaban J connectivity index is 1.63. The van der Waals surface area contributed by atoms with Crippen molar-refractivity contribution in [1.29, 1.82) is 0 Å². The summed E-state index contributed by atoms with van der Waals surface area (Å²) in [5.74, 6) is 0.678. The fraction of sp³-hybridized carbons (Fsp3) is 0.190. The molecule has 3 rings (SSSR count). The molecule has 3 aromatic rings. The summed E-state index contributed by atoms with van der Waals surface area (Å²) in [7, 11) is 0. The number of amides is 1. The molecule has 0 aliphatic carbocycles. The van der Waals surface area contributed by atoms with E-state index in [0.29, 0.717) is 5.02 Å². The Hall–Kier alpha value is -2.56. The molecule has 134 valence electrons. The van der Waals surface area contributed by atoms with Crippen LogP contribution in [-0.2, 0) is 4.79 Å². The fourth-order valence-electron chi connectivity index (χ4n) is 2.83. The number of furan rings is 1. The van der Waals surface area contributed by atoms with Crippen molar-refractivity contribution in [3.63, 3.8) is 0 Å². The molecule has 2 atom stereocenters. The van der Waals surface area contributed by atoms with E-state index in [0.717, 1.165) is 16.9 Å². The standard InChI is InChI=1S/C21H21ClN2O2/c1-15(17-9-5-10-18(22)13-17)24-20(25)14-23-21(19-11-6-12-26-19)16-7-3-2-4-8-16/h2-13,15,21,23H,14H2,1H3,(H,24,25)/t15-,21-/m0/s1. The molecule has 5 heteroatoms. The maximum atomic E-state index is 12.4. The average molecular weight is 369 g/mol. The van der Waals surface area contributed by atoms with Gasteiger partial charge in [0.05, 0.1) is 24.9 Å². The Morgan fingerprint density at radius 2 is 1.81 bits per heavy atom. The minimum Gasteiger partial charge on any atom is -0.467 e. The second kappa shape index (κ2) is 8.70. The molecule has 26 heavy (non-hydrogen) atoms. The third-order valence-electron chi connectivity index (χ3n) is 4.15. The highest BCUT2D eigenvalue weighted by molar-refractivity contribution is 6.30. The van der Waals surface area contributed by atoms with Crippen molar-refractivity contribution in [2.24, 2.45) is 0 Å². The molecule has 1 heterocycles. The molecule has 0 radical (unpaired) electrons. The van der Waals surface area contributed by atoms with E-state index in [1.165, 1.54) is 0 Å². The maximum Gasteiger partial charge on any atom is 0.234 e. The van der Waals surface area contributed by atoms with Crippen LogP contribution in [0.1, 0.15) is 35.9 Å². The third kappa shape index (κ3) is 4.75. The number of rotatable bonds is 7. The lowest BCUT2D eigenvalue weighted by Gasteiger charge is -2.19. The highest BCUT2D eigenvalue weighted by Crippen LogP contribution is 2.22. The molecule has 1 amide bonds. The molecule has 4 nitrogen and oxygen atoms in total. The molecule has 0 saturated heterocycles. The smallest absolute Gasteiger partial charge is 0.234 e. The predicted octanol–water partition coefficient (Wildman–Crippen LogP) is 4.49. The van der Waals surface area contributed by atoms with Crippen molar-refractivity contribution < 1.29 is 9.21 Å². The van der Waals surface area contributed by atoms with Crippen molar-refractivity contribution in [2.75, 3.05) is 6.54 Å². The van der Waals surface area contributed by atoms with Crippen molar-refractivity contribution in [3.8, 4) is 0 Å². The predicted molar refractivity (Wildman–Crippen MR) is 103 cm³/mol. The normalized spacial score (nSPS) is 13.2. The topological polar surface area (TPSA) is 54.3 Å². The van der Waals surface area contributed by atoms with Crippen LogP contribution >= 0.6 is 11.6 Å². The van der Waals surface area contributed by atoms with Gasteiger partial charge in [0, 0.05) is 5.02 Å². The molecule has 0 spiro atoms. The second-order valence-corrected chi connectivity index (χ2v) is 6.52. The highest BCUT2D eigenvalue weighted by Gasteiger charge is 2.18. The summed E-state index contributed by atoms with van der Waals surface area (Å²) >= 11 is 6.02. The molecule has 2 N–H and O–H groups in total. The summed E-state index contributed by atoms with van der Waals surface area (Å²) in [6.07, 6.45) is 1.63. The van der Waals surface area contributed by atoms with E-state index in [9.17, 15) is 4.79 Å². The van der Waals surface area contributed by atoms with Crippen molar-refractivity contribution in [3.05, 3.63) is 94.9 Å². The molecular weight excluding hydrogens is 348 g/mol. The highest BCUT2D eigenvalue weighted by atomic mass is 35.5. The lowest BCUT2D eigenvalue weighted by molar-refractivity contribution is -0.121. The van der Waals surface area contributed by atoms with Gasteiger partial charge in [-0.1, -0.05) is 54.1 Å². The summed E-state index contributed by atoms with van der Waals surface area (Å²) in [4.78, 5) is 12.4. The quantitative estimate of drug-likeness (QED) is 0.646. The van der Waals surface area contributed by atoms with Crippen molar-refractivity contribution >= 4 is 17.5 Å². The van der Waals surface area contributed by atoms with Gasteiger partial charge in [0.2, 0.25) is 5.91 Å². The first-order valence-electron chi connectivity index (χ1n) is 8.50. The van der Waals surface area contributed by atoms with Crippen LogP contribution in [0.5, 0.6) is 0 Å². The zero-order chi connectivity index (χ0) is 18.4. The number of hydrogen-bond acceptors (Lipinski definition) is 3. The summed E-state index contributed by atoms with van der Waals surface area (Å²) in [6.45, 7) is 2.11. The fourth-order valence-corrected chi connectivity index (χ4v) is 3.03. The molecule has 0 aliphatic heterocycles. The second-order valence-electron chi connectivity index (χ2n) is 6.08. The molecular formula is C21H21ClN2O2. The minimum atomic E-state index is -0.182. The van der Waals surface area contributed by atoms with E-state index in [1.54, 1.807) is 6.26 Å². The van der Waals surface area contributed by atoms with E-state index in [-0.39, 0.29) is 24.5 Å². The Morgan fingerprint density at radius 1 is 1.04 bits per heavy atom. The van der Waals surface area contributed by atoms with Crippen LogP contribution < -0.4 is 10.6 Å². The first-order chi connectivity index (χ1) is 12.6. The third-order valence-corrected chi connectivity index (χ3v) is 4.39. The van der Waals surface area contributed by atoms with Crippen LogP contribution in [0.25, 0.3) is 0 Å². The number of nitrogens with one attached hydrogen (secondary N) is 2. The lowest BCUT2D eigenvalue weighted by Crippen LogP contribution is -2.37. The Bertz CT molecular complexity index is 834. The van der Waals surface area contributed by atoms with E-state index >= 15 is 0 Å². The van der Waals surface area contributed by atoms with Crippen LogP contribution in [0.4, 0.5) is 0 Å². The van der Waals surface area contributed by atoms with Gasteiger partial charge in [-0.05, 0) is 42.3 Å². The first-order valence-corrected chi connectivity index (χ1v) is 8.88. The molecule has 0 aliphatic rings. The summed E-state index contributed by atoms with van der Waals surface area (Å²) in [5.41, 5.74) is 2.01. The number of halogens is 1. The van der Waals surface area contributed by atoms with Gasteiger partial charge in [0.15, 0.2) is 0 Å². The largest absolute Gasteiger partial charge is 0.467 e. The number of carbonyl (C=O) groups excluding carboxylic acids is 1. The van der Waals surface area contributed by atoms with Gasteiger partial charge in [-0.3, -0.25) is 10.1 Å². The van der Waals surface area contributed by atoms with Gasteiger partial charge in [0.1, 0.15) is 5.76 Å². The van der Waals surface area contributed by atoms with E-state index in [1.807, 2.05) is 73.7 Å². The van der Waals surface area contributed by atoms with Crippen LogP contribution in [0, 0.1) is 0 Å². The van der Waals surface area contributed by atoms with E-state index < -0.39 is 0 Å². The Morgan fingerprint density at radius 3 is 2.50 bits per heavy atom. The summed E-state index contributed by atoms with van der Waals surface area (Å²) < 4.78 is 5.54. The van der Waals surface area contributed by atoms with Gasteiger partial charge >= 0.3 is 0 Å². The zero-order valence-electron chi connectivity index (χ0n) is 14.5.